The highest BCUT2D eigenvalue weighted by Gasteiger charge is 2.32. The molecular formula is C13H18N4O3. The van der Waals surface area contributed by atoms with Crippen LogP contribution in [0.4, 0.5) is 11.4 Å². The summed E-state index contributed by atoms with van der Waals surface area (Å²) >= 11 is 0. The minimum atomic E-state index is -0.554. The maximum atomic E-state index is 12.6. The van der Waals surface area contributed by atoms with Crippen LogP contribution in [-0.2, 0) is 0 Å². The van der Waals surface area contributed by atoms with Crippen molar-refractivity contribution in [1.29, 1.82) is 0 Å². The first-order chi connectivity index (χ1) is 9.45. The van der Waals surface area contributed by atoms with Gasteiger partial charge in [0, 0.05) is 18.7 Å². The van der Waals surface area contributed by atoms with Crippen LogP contribution >= 0.6 is 0 Å². The van der Waals surface area contributed by atoms with Crippen LogP contribution in [0.5, 0.6) is 0 Å². The second kappa shape index (κ2) is 5.46. The normalized spacial score (nSPS) is 21.9. The van der Waals surface area contributed by atoms with Crippen molar-refractivity contribution in [2.75, 3.05) is 12.0 Å². The van der Waals surface area contributed by atoms with Gasteiger partial charge in [-0.25, -0.2) is 0 Å². The first kappa shape index (κ1) is 14.3. The predicted octanol–water partition coefficient (Wildman–Crippen LogP) is 1.75. The lowest BCUT2D eigenvalue weighted by Crippen LogP contribution is -2.34. The SMILES string of the molecule is CC1CC(C)N(C(=O)c2cccc([N+](=O)[O-])c2NN)C1. The van der Waals surface area contributed by atoms with Crippen LogP contribution in [0.15, 0.2) is 18.2 Å². The second-order valence-corrected chi connectivity index (χ2v) is 5.25. The Morgan fingerprint density at radius 1 is 1.50 bits per heavy atom. The van der Waals surface area contributed by atoms with Gasteiger partial charge in [-0.05, 0) is 25.3 Å². The van der Waals surface area contributed by atoms with Gasteiger partial charge in [-0.15, -0.1) is 0 Å². The number of nitro benzene ring substituents is 1. The van der Waals surface area contributed by atoms with Crippen LogP contribution in [0.2, 0.25) is 0 Å². The molecule has 108 valence electrons. The van der Waals surface area contributed by atoms with E-state index < -0.39 is 4.92 Å². The largest absolute Gasteiger partial charge is 0.336 e. The smallest absolute Gasteiger partial charge is 0.294 e. The molecule has 0 radical (unpaired) electrons. The van der Waals surface area contributed by atoms with Gasteiger partial charge in [-0.1, -0.05) is 13.0 Å². The Morgan fingerprint density at radius 2 is 2.20 bits per heavy atom. The number of rotatable bonds is 3. The van der Waals surface area contributed by atoms with Crippen molar-refractivity contribution in [3.63, 3.8) is 0 Å². The first-order valence-electron chi connectivity index (χ1n) is 6.50. The number of hydrogen-bond donors (Lipinski definition) is 2. The fourth-order valence-electron chi connectivity index (χ4n) is 2.76. The molecule has 1 aliphatic rings. The molecule has 1 saturated heterocycles. The molecule has 2 unspecified atom stereocenters. The number of nitro groups is 1. The van der Waals surface area contributed by atoms with Crippen molar-refractivity contribution in [1.82, 2.24) is 4.90 Å². The molecule has 0 aromatic heterocycles. The number of nitrogens with zero attached hydrogens (tertiary/aromatic N) is 2. The summed E-state index contributed by atoms with van der Waals surface area (Å²) in [6, 6.07) is 4.50. The number of hydrazine groups is 1. The summed E-state index contributed by atoms with van der Waals surface area (Å²) in [7, 11) is 0. The Hall–Kier alpha value is -2.15. The Bertz CT molecular complexity index is 546. The summed E-state index contributed by atoms with van der Waals surface area (Å²) in [6.45, 7) is 4.72. The molecule has 7 nitrogen and oxygen atoms in total. The zero-order valence-electron chi connectivity index (χ0n) is 11.5. The van der Waals surface area contributed by atoms with E-state index in [9.17, 15) is 14.9 Å². The van der Waals surface area contributed by atoms with Gasteiger partial charge in [0.25, 0.3) is 11.6 Å². The number of nitrogens with two attached hydrogens (primary N) is 1. The standard InChI is InChI=1S/C13H18N4O3/c1-8-6-9(2)16(7-8)13(18)10-4-3-5-11(17(19)20)12(10)15-14/h3-5,8-9,15H,6-7,14H2,1-2H3. The monoisotopic (exact) mass is 278 g/mol. The molecule has 1 aliphatic heterocycles. The molecule has 2 rings (SSSR count). The van der Waals surface area contributed by atoms with Crippen LogP contribution in [0.25, 0.3) is 0 Å². The zero-order chi connectivity index (χ0) is 14.9. The van der Waals surface area contributed by atoms with Gasteiger partial charge in [0.2, 0.25) is 0 Å². The number of likely N-dealkylation sites (tertiary alicyclic amines) is 1. The van der Waals surface area contributed by atoms with E-state index in [4.69, 9.17) is 5.84 Å². The number of amides is 1. The fraction of sp³-hybridized carbons (Fsp3) is 0.462. The van der Waals surface area contributed by atoms with E-state index in [2.05, 4.69) is 12.3 Å². The molecule has 0 bridgehead atoms. The van der Waals surface area contributed by atoms with E-state index in [0.29, 0.717) is 12.5 Å². The quantitative estimate of drug-likeness (QED) is 0.498. The van der Waals surface area contributed by atoms with Crippen LogP contribution < -0.4 is 11.3 Å². The van der Waals surface area contributed by atoms with Crippen molar-refractivity contribution in [3.8, 4) is 0 Å². The molecule has 1 amide bonds. The van der Waals surface area contributed by atoms with Gasteiger partial charge in [-0.3, -0.25) is 20.8 Å². The van der Waals surface area contributed by atoms with Crippen LogP contribution in [0, 0.1) is 16.0 Å². The van der Waals surface area contributed by atoms with Crippen LogP contribution in [0.1, 0.15) is 30.6 Å². The lowest BCUT2D eigenvalue weighted by atomic mass is 10.1. The van der Waals surface area contributed by atoms with Gasteiger partial charge in [-0.2, -0.15) is 0 Å². The Balaban J connectivity index is 2.40. The van der Waals surface area contributed by atoms with Gasteiger partial charge in [0.05, 0.1) is 10.5 Å². The highest BCUT2D eigenvalue weighted by molar-refractivity contribution is 6.01. The molecular weight excluding hydrogens is 260 g/mol. The maximum Gasteiger partial charge on any atom is 0.294 e. The molecule has 1 fully saturated rings. The molecule has 0 aliphatic carbocycles. The van der Waals surface area contributed by atoms with E-state index in [-0.39, 0.29) is 28.9 Å². The van der Waals surface area contributed by atoms with E-state index >= 15 is 0 Å². The van der Waals surface area contributed by atoms with Crippen molar-refractivity contribution >= 4 is 17.3 Å². The van der Waals surface area contributed by atoms with Gasteiger partial charge < -0.3 is 10.3 Å². The summed E-state index contributed by atoms with van der Waals surface area (Å²) in [6.07, 6.45) is 0.937. The van der Waals surface area contributed by atoms with E-state index in [1.165, 1.54) is 12.1 Å². The fourth-order valence-corrected chi connectivity index (χ4v) is 2.76. The number of para-hydroxylation sites is 1. The predicted molar refractivity (Wildman–Crippen MR) is 75.2 cm³/mol. The summed E-state index contributed by atoms with van der Waals surface area (Å²) in [5.74, 6) is 5.57. The molecule has 1 aromatic rings. The zero-order valence-corrected chi connectivity index (χ0v) is 11.5. The van der Waals surface area contributed by atoms with Crippen molar-refractivity contribution in [2.45, 2.75) is 26.3 Å². The summed E-state index contributed by atoms with van der Waals surface area (Å²) in [4.78, 5) is 24.7. The number of nitrogens with one attached hydrogen (secondary N) is 1. The lowest BCUT2D eigenvalue weighted by Gasteiger charge is -2.22. The number of benzene rings is 1. The molecule has 1 heterocycles. The second-order valence-electron chi connectivity index (χ2n) is 5.25. The molecule has 0 spiro atoms. The number of carbonyl (C=O) groups is 1. The molecule has 20 heavy (non-hydrogen) atoms. The molecule has 3 N–H and O–H groups in total. The van der Waals surface area contributed by atoms with Crippen LogP contribution in [-0.4, -0.2) is 28.3 Å². The topological polar surface area (TPSA) is 102 Å². The molecule has 0 saturated carbocycles. The molecule has 2 atom stereocenters. The average Bonchev–Trinajstić information content (AvgIpc) is 2.75. The number of nitrogen functional groups attached to an aromatic ring is 1. The highest BCUT2D eigenvalue weighted by Crippen LogP contribution is 2.31. The third-order valence-electron chi connectivity index (χ3n) is 3.66. The summed E-state index contributed by atoms with van der Waals surface area (Å²) in [5, 5.41) is 11.0. The Morgan fingerprint density at radius 3 is 2.70 bits per heavy atom. The number of hydrogen-bond acceptors (Lipinski definition) is 5. The lowest BCUT2D eigenvalue weighted by molar-refractivity contribution is -0.384. The third-order valence-corrected chi connectivity index (χ3v) is 3.66. The van der Waals surface area contributed by atoms with Crippen LogP contribution in [0.3, 0.4) is 0 Å². The first-order valence-corrected chi connectivity index (χ1v) is 6.50. The van der Waals surface area contributed by atoms with E-state index in [1.54, 1.807) is 11.0 Å². The minimum Gasteiger partial charge on any atom is -0.336 e. The van der Waals surface area contributed by atoms with E-state index in [1.807, 2.05) is 6.92 Å². The Labute approximate surface area is 116 Å². The van der Waals surface area contributed by atoms with Crippen molar-refractivity contribution < 1.29 is 9.72 Å². The summed E-state index contributed by atoms with van der Waals surface area (Å²) < 4.78 is 0. The number of carbonyl (C=O) groups excluding carboxylic acids is 1. The average molecular weight is 278 g/mol. The molecule has 7 heteroatoms. The highest BCUT2D eigenvalue weighted by atomic mass is 16.6. The summed E-state index contributed by atoms with van der Waals surface area (Å²) in [5.41, 5.74) is 2.39. The van der Waals surface area contributed by atoms with Crippen molar-refractivity contribution in [2.24, 2.45) is 11.8 Å². The van der Waals surface area contributed by atoms with Crippen molar-refractivity contribution in [3.05, 3.63) is 33.9 Å². The maximum absolute atomic E-state index is 12.6. The minimum absolute atomic E-state index is 0.0641. The van der Waals surface area contributed by atoms with Gasteiger partial charge >= 0.3 is 0 Å². The third kappa shape index (κ3) is 2.44. The van der Waals surface area contributed by atoms with Gasteiger partial charge in [0.15, 0.2) is 0 Å². The Kier molecular flexibility index (Phi) is 3.89. The van der Waals surface area contributed by atoms with E-state index in [0.717, 1.165) is 6.42 Å². The van der Waals surface area contributed by atoms with Gasteiger partial charge in [0.1, 0.15) is 5.69 Å². The number of anilines is 1. The molecule has 1 aromatic carbocycles.